The zero-order chi connectivity index (χ0) is 15.3. The van der Waals surface area contributed by atoms with Gasteiger partial charge in [-0.2, -0.15) is 0 Å². The van der Waals surface area contributed by atoms with Crippen LogP contribution in [0.2, 0.25) is 0 Å². The summed E-state index contributed by atoms with van der Waals surface area (Å²) in [5.41, 5.74) is 1.47. The second-order valence-corrected chi connectivity index (χ2v) is 9.27. The van der Waals surface area contributed by atoms with Crippen molar-refractivity contribution in [2.45, 2.75) is 36.8 Å². The Kier molecular flexibility index (Phi) is 5.53. The molecule has 22 heavy (non-hydrogen) atoms. The topological polar surface area (TPSA) is 17.8 Å². The van der Waals surface area contributed by atoms with Gasteiger partial charge in [0.15, 0.2) is 0 Å². The number of aromatic nitrogens is 2. The number of nitrogens with zero attached hydrogens (tertiary/aromatic N) is 2. The van der Waals surface area contributed by atoms with Gasteiger partial charge in [-0.15, -0.1) is 23.5 Å². The van der Waals surface area contributed by atoms with Gasteiger partial charge in [0.2, 0.25) is 0 Å². The third-order valence-corrected chi connectivity index (χ3v) is 8.04. The van der Waals surface area contributed by atoms with Crippen LogP contribution < -0.4 is 0 Å². The van der Waals surface area contributed by atoms with Crippen LogP contribution in [0.25, 0.3) is 0 Å². The Morgan fingerprint density at radius 1 is 1.23 bits per heavy atom. The van der Waals surface area contributed by atoms with Crippen LogP contribution in [0.1, 0.15) is 25.3 Å². The maximum atomic E-state index is 4.14. The Hall–Kier alpha value is -0.870. The second-order valence-electron chi connectivity index (χ2n) is 6.20. The van der Waals surface area contributed by atoms with E-state index in [0.29, 0.717) is 4.08 Å². The average Bonchev–Trinajstić information content (AvgIpc) is 3.05. The minimum absolute atomic E-state index is 0.356. The number of hydrogen-bond acceptors (Lipinski definition) is 3. The zero-order valence-corrected chi connectivity index (χ0v) is 14.8. The second kappa shape index (κ2) is 7.60. The molecule has 2 heterocycles. The van der Waals surface area contributed by atoms with Crippen molar-refractivity contribution in [3.8, 4) is 0 Å². The predicted octanol–water partition coefficient (Wildman–Crippen LogP) is 4.72. The molecule has 1 aromatic heterocycles. The molecule has 0 radical (unpaired) electrons. The van der Waals surface area contributed by atoms with Crippen molar-refractivity contribution in [1.82, 2.24) is 9.55 Å². The van der Waals surface area contributed by atoms with Crippen LogP contribution in [-0.4, -0.2) is 25.1 Å². The van der Waals surface area contributed by atoms with E-state index in [4.69, 9.17) is 0 Å². The van der Waals surface area contributed by atoms with Crippen LogP contribution in [0.3, 0.4) is 0 Å². The molecule has 0 N–H and O–H groups in total. The largest absolute Gasteiger partial charge is 0.337 e. The van der Waals surface area contributed by atoms with Crippen LogP contribution in [-0.2, 0) is 13.0 Å². The molecular weight excluding hydrogens is 308 g/mol. The van der Waals surface area contributed by atoms with E-state index in [-0.39, 0.29) is 0 Å². The summed E-state index contributed by atoms with van der Waals surface area (Å²) in [6.45, 7) is 3.45. The Labute approximate surface area is 142 Å². The van der Waals surface area contributed by atoms with Crippen molar-refractivity contribution in [1.29, 1.82) is 0 Å². The minimum atomic E-state index is 0.356. The summed E-state index contributed by atoms with van der Waals surface area (Å²) >= 11 is 4.38. The molecule has 1 aliphatic rings. The summed E-state index contributed by atoms with van der Waals surface area (Å²) in [5.74, 6) is 3.43. The highest BCUT2D eigenvalue weighted by atomic mass is 32.2. The van der Waals surface area contributed by atoms with Crippen molar-refractivity contribution in [2.75, 3.05) is 11.5 Å². The van der Waals surface area contributed by atoms with Gasteiger partial charge in [0.25, 0.3) is 0 Å². The summed E-state index contributed by atoms with van der Waals surface area (Å²) in [6.07, 6.45) is 9.52. The van der Waals surface area contributed by atoms with Crippen molar-refractivity contribution >= 4 is 23.5 Å². The van der Waals surface area contributed by atoms with Crippen LogP contribution in [0.15, 0.2) is 49.1 Å². The number of imidazole rings is 1. The molecule has 0 amide bonds. The van der Waals surface area contributed by atoms with E-state index in [1.807, 2.05) is 12.5 Å². The van der Waals surface area contributed by atoms with Crippen LogP contribution in [0.4, 0.5) is 0 Å². The number of aryl methyl sites for hydroxylation is 1. The zero-order valence-electron chi connectivity index (χ0n) is 13.1. The molecule has 0 unspecified atom stereocenters. The molecule has 4 heteroatoms. The van der Waals surface area contributed by atoms with Gasteiger partial charge in [-0.3, -0.25) is 0 Å². The first-order valence-corrected chi connectivity index (χ1v) is 10.0. The molecule has 3 rings (SSSR count). The fourth-order valence-corrected chi connectivity index (χ4v) is 6.29. The standard InChI is InChI=1S/C18H24N2S2/c1-16-13-21-18(22-14-16,12-17-6-3-2-4-7-17)8-5-10-20-11-9-19-15-20/h2-4,6-7,9,11,15-16H,5,8,10,12-14H2,1H3. The first kappa shape index (κ1) is 16.0. The van der Waals surface area contributed by atoms with Gasteiger partial charge < -0.3 is 4.57 Å². The highest BCUT2D eigenvalue weighted by Gasteiger charge is 2.35. The quantitative estimate of drug-likeness (QED) is 0.762. The van der Waals surface area contributed by atoms with Crippen LogP contribution in [0.5, 0.6) is 0 Å². The van der Waals surface area contributed by atoms with Gasteiger partial charge in [-0.05, 0) is 42.2 Å². The smallest absolute Gasteiger partial charge is 0.0945 e. The van der Waals surface area contributed by atoms with Gasteiger partial charge in [0.1, 0.15) is 0 Å². The molecular formula is C18H24N2S2. The van der Waals surface area contributed by atoms with Crippen LogP contribution in [0, 0.1) is 5.92 Å². The first-order valence-electron chi connectivity index (χ1n) is 8.03. The summed E-state index contributed by atoms with van der Waals surface area (Å²) in [5, 5.41) is 0. The van der Waals surface area contributed by atoms with Crippen molar-refractivity contribution in [3.63, 3.8) is 0 Å². The van der Waals surface area contributed by atoms with E-state index in [0.717, 1.165) is 12.5 Å². The molecule has 0 aliphatic carbocycles. The Bertz CT molecular complexity index is 546. The summed E-state index contributed by atoms with van der Waals surface area (Å²) < 4.78 is 2.55. The van der Waals surface area contributed by atoms with Crippen molar-refractivity contribution < 1.29 is 0 Å². The van der Waals surface area contributed by atoms with Gasteiger partial charge in [0, 0.05) is 18.9 Å². The van der Waals surface area contributed by atoms with Gasteiger partial charge in [0.05, 0.1) is 10.4 Å². The number of hydrogen-bond donors (Lipinski definition) is 0. The summed E-state index contributed by atoms with van der Waals surface area (Å²) in [4.78, 5) is 4.14. The number of benzene rings is 1. The molecule has 0 spiro atoms. The predicted molar refractivity (Wildman–Crippen MR) is 98.4 cm³/mol. The SMILES string of the molecule is CC1CSC(CCCn2ccnc2)(Cc2ccccc2)SC1. The highest BCUT2D eigenvalue weighted by Crippen LogP contribution is 2.49. The summed E-state index contributed by atoms with van der Waals surface area (Å²) in [6, 6.07) is 11.0. The number of thioether (sulfide) groups is 2. The minimum Gasteiger partial charge on any atom is -0.337 e. The molecule has 1 fully saturated rings. The van der Waals surface area contributed by atoms with E-state index in [2.05, 4.69) is 76.5 Å². The van der Waals surface area contributed by atoms with Gasteiger partial charge in [-0.25, -0.2) is 4.98 Å². The first-order chi connectivity index (χ1) is 10.8. The third-order valence-electron chi connectivity index (χ3n) is 4.11. The van der Waals surface area contributed by atoms with E-state index in [1.54, 1.807) is 0 Å². The molecule has 1 saturated heterocycles. The monoisotopic (exact) mass is 332 g/mol. The average molecular weight is 333 g/mol. The van der Waals surface area contributed by atoms with E-state index >= 15 is 0 Å². The van der Waals surface area contributed by atoms with E-state index < -0.39 is 0 Å². The molecule has 1 aliphatic heterocycles. The summed E-state index contributed by atoms with van der Waals surface area (Å²) in [7, 11) is 0. The van der Waals surface area contributed by atoms with Gasteiger partial charge in [-0.1, -0.05) is 37.3 Å². The lowest BCUT2D eigenvalue weighted by atomic mass is 10.1. The van der Waals surface area contributed by atoms with E-state index in [9.17, 15) is 0 Å². The lowest BCUT2D eigenvalue weighted by Gasteiger charge is -2.38. The molecule has 0 saturated carbocycles. The lowest BCUT2D eigenvalue weighted by Crippen LogP contribution is -2.31. The van der Waals surface area contributed by atoms with Crippen molar-refractivity contribution in [3.05, 3.63) is 54.6 Å². The maximum Gasteiger partial charge on any atom is 0.0945 e. The molecule has 0 atom stereocenters. The fourth-order valence-electron chi connectivity index (χ4n) is 2.87. The maximum absolute atomic E-state index is 4.14. The van der Waals surface area contributed by atoms with Gasteiger partial charge >= 0.3 is 0 Å². The normalized spacial score (nSPS) is 25.2. The lowest BCUT2D eigenvalue weighted by molar-refractivity contribution is 0.571. The Balaban J connectivity index is 1.63. The molecule has 0 bridgehead atoms. The molecule has 2 nitrogen and oxygen atoms in total. The Morgan fingerprint density at radius 2 is 2.00 bits per heavy atom. The van der Waals surface area contributed by atoms with Crippen molar-refractivity contribution in [2.24, 2.45) is 5.92 Å². The fraction of sp³-hybridized carbons (Fsp3) is 0.500. The molecule has 118 valence electrons. The molecule has 1 aromatic carbocycles. The van der Waals surface area contributed by atoms with E-state index in [1.165, 1.54) is 36.3 Å². The third kappa shape index (κ3) is 4.32. The number of rotatable bonds is 6. The molecule has 2 aromatic rings. The Morgan fingerprint density at radius 3 is 2.68 bits per heavy atom. The van der Waals surface area contributed by atoms with Crippen LogP contribution >= 0.6 is 23.5 Å². The highest BCUT2D eigenvalue weighted by molar-refractivity contribution is 8.18.